The number of methoxy groups -OCH3 is 2. The fourth-order valence-electron chi connectivity index (χ4n) is 1.27. The van der Waals surface area contributed by atoms with Crippen molar-refractivity contribution >= 4 is 18.0 Å². The summed E-state index contributed by atoms with van der Waals surface area (Å²) in [5, 5.41) is 0. The van der Waals surface area contributed by atoms with Gasteiger partial charge in [0.15, 0.2) is 0 Å². The molecule has 0 fully saturated rings. The molecular formula is C14H23NO7. The van der Waals surface area contributed by atoms with E-state index < -0.39 is 18.0 Å². The highest BCUT2D eigenvalue weighted by Crippen LogP contribution is 1.97. The van der Waals surface area contributed by atoms with Crippen LogP contribution in [0.25, 0.3) is 0 Å². The number of rotatable bonds is 10. The molecule has 0 atom stereocenters. The van der Waals surface area contributed by atoms with Crippen molar-refractivity contribution in [1.29, 1.82) is 0 Å². The number of hydrogen-bond acceptors (Lipinski definition) is 7. The summed E-state index contributed by atoms with van der Waals surface area (Å²) in [4.78, 5) is 35.7. The van der Waals surface area contributed by atoms with E-state index in [1.165, 1.54) is 19.1 Å². The molecule has 0 radical (unpaired) electrons. The molecule has 0 aliphatic rings. The fraction of sp³-hybridized carbons (Fsp3) is 0.643. The third-order valence-corrected chi connectivity index (χ3v) is 2.38. The molecule has 0 saturated heterocycles. The summed E-state index contributed by atoms with van der Waals surface area (Å²) in [6, 6.07) is 0. The average molecular weight is 317 g/mol. The number of carbonyl (C=O) groups excluding carboxylic acids is 3. The second-order valence-electron chi connectivity index (χ2n) is 4.16. The Labute approximate surface area is 129 Å². The van der Waals surface area contributed by atoms with Crippen molar-refractivity contribution in [3.8, 4) is 0 Å². The van der Waals surface area contributed by atoms with Crippen LogP contribution in [-0.2, 0) is 28.5 Å². The molecule has 1 amide bonds. The molecule has 0 aromatic rings. The molecule has 0 saturated carbocycles. The van der Waals surface area contributed by atoms with Gasteiger partial charge in [0.1, 0.15) is 0 Å². The van der Waals surface area contributed by atoms with Crippen molar-refractivity contribution in [2.45, 2.75) is 13.3 Å². The third-order valence-electron chi connectivity index (χ3n) is 2.38. The first-order valence-electron chi connectivity index (χ1n) is 6.88. The molecule has 126 valence electrons. The van der Waals surface area contributed by atoms with Gasteiger partial charge in [-0.15, -0.1) is 0 Å². The van der Waals surface area contributed by atoms with E-state index in [-0.39, 0.29) is 19.7 Å². The lowest BCUT2D eigenvalue weighted by atomic mass is 10.5. The minimum absolute atomic E-state index is 0.258. The Hall–Kier alpha value is -1.93. The molecular weight excluding hydrogens is 294 g/mol. The molecule has 8 nitrogen and oxygen atoms in total. The van der Waals surface area contributed by atoms with E-state index in [4.69, 9.17) is 14.2 Å². The molecule has 22 heavy (non-hydrogen) atoms. The minimum atomic E-state index is -0.946. The normalized spacial score (nSPS) is 10.5. The summed E-state index contributed by atoms with van der Waals surface area (Å²) in [7, 11) is 2.99. The number of hydrogen-bond donors (Lipinski definition) is 0. The van der Waals surface area contributed by atoms with E-state index in [1.807, 2.05) is 6.92 Å². The van der Waals surface area contributed by atoms with Crippen LogP contribution in [0.15, 0.2) is 12.2 Å². The van der Waals surface area contributed by atoms with E-state index in [1.54, 1.807) is 0 Å². The quantitative estimate of drug-likeness (QED) is 0.333. The number of ether oxygens (including phenoxy) is 4. The van der Waals surface area contributed by atoms with Gasteiger partial charge in [-0.3, -0.25) is 0 Å². The Morgan fingerprint density at radius 2 is 1.45 bits per heavy atom. The summed E-state index contributed by atoms with van der Waals surface area (Å²) in [5.41, 5.74) is 0. The molecule has 0 aromatic heterocycles. The maximum Gasteiger partial charge on any atom is 0.417 e. The van der Waals surface area contributed by atoms with Gasteiger partial charge in [0.2, 0.25) is 0 Å². The number of carbonyl (C=O) groups is 3. The maximum absolute atomic E-state index is 11.8. The second kappa shape index (κ2) is 12.8. The highest BCUT2D eigenvalue weighted by atomic mass is 16.6. The summed E-state index contributed by atoms with van der Waals surface area (Å²) >= 11 is 0. The van der Waals surface area contributed by atoms with Gasteiger partial charge in [-0.1, -0.05) is 6.92 Å². The van der Waals surface area contributed by atoms with Crippen molar-refractivity contribution in [2.24, 2.45) is 0 Å². The van der Waals surface area contributed by atoms with E-state index in [0.29, 0.717) is 19.6 Å². The fourth-order valence-corrected chi connectivity index (χ4v) is 1.27. The molecule has 0 bridgehead atoms. The number of esters is 2. The third kappa shape index (κ3) is 9.89. The molecule has 0 aliphatic heterocycles. The number of nitrogens with zero attached hydrogens (tertiary/aromatic N) is 1. The summed E-state index contributed by atoms with van der Waals surface area (Å²) in [6.07, 6.45) is 1.61. The molecule has 0 rings (SSSR count). The zero-order valence-corrected chi connectivity index (χ0v) is 13.2. The molecule has 0 N–H and O–H groups in total. The van der Waals surface area contributed by atoms with Gasteiger partial charge in [-0.25, -0.2) is 14.4 Å². The zero-order chi connectivity index (χ0) is 16.8. The highest BCUT2D eigenvalue weighted by Gasteiger charge is 2.17. The topological polar surface area (TPSA) is 91.4 Å². The van der Waals surface area contributed by atoms with Crippen LogP contribution < -0.4 is 0 Å². The summed E-state index contributed by atoms with van der Waals surface area (Å²) in [6.45, 7) is 3.22. The van der Waals surface area contributed by atoms with Gasteiger partial charge >= 0.3 is 18.0 Å². The number of amides is 1. The lowest BCUT2D eigenvalue weighted by Crippen LogP contribution is -2.37. The molecule has 0 heterocycles. The Morgan fingerprint density at radius 1 is 0.909 bits per heavy atom. The monoisotopic (exact) mass is 317 g/mol. The van der Waals surface area contributed by atoms with Crippen LogP contribution in [0.5, 0.6) is 0 Å². The average Bonchev–Trinajstić information content (AvgIpc) is 2.50. The lowest BCUT2D eigenvalue weighted by Gasteiger charge is -2.20. The second-order valence-corrected chi connectivity index (χ2v) is 4.16. The predicted octanol–water partition coefficient (Wildman–Crippen LogP) is 0.754. The first kappa shape index (κ1) is 20.1. The Balaban J connectivity index is 4.35. The Bertz CT molecular complexity index is 373. The SMILES string of the molecule is CCCOC(=O)/C=C/C(=O)OC(=O)N(CCOC)CCOC. The lowest BCUT2D eigenvalue weighted by molar-refractivity contribution is -0.139. The van der Waals surface area contributed by atoms with Crippen molar-refractivity contribution in [3.63, 3.8) is 0 Å². The largest absolute Gasteiger partial charge is 0.463 e. The molecule has 8 heteroatoms. The van der Waals surface area contributed by atoms with Crippen LogP contribution in [-0.4, -0.2) is 70.1 Å². The van der Waals surface area contributed by atoms with Crippen molar-refractivity contribution < 1.29 is 33.3 Å². The van der Waals surface area contributed by atoms with Crippen molar-refractivity contribution in [1.82, 2.24) is 4.90 Å². The molecule has 0 unspecified atom stereocenters. The van der Waals surface area contributed by atoms with Crippen molar-refractivity contribution in [3.05, 3.63) is 12.2 Å². The van der Waals surface area contributed by atoms with Gasteiger partial charge in [-0.2, -0.15) is 0 Å². The Kier molecular flexibility index (Phi) is 11.7. The first-order chi connectivity index (χ1) is 10.5. The Morgan fingerprint density at radius 3 is 1.95 bits per heavy atom. The maximum atomic E-state index is 11.8. The van der Waals surface area contributed by atoms with Crippen LogP contribution >= 0.6 is 0 Å². The molecule has 0 spiro atoms. The minimum Gasteiger partial charge on any atom is -0.463 e. The summed E-state index contributed by atoms with van der Waals surface area (Å²) < 4.78 is 19.1. The van der Waals surface area contributed by atoms with E-state index in [9.17, 15) is 14.4 Å². The van der Waals surface area contributed by atoms with E-state index in [2.05, 4.69) is 4.74 Å². The zero-order valence-electron chi connectivity index (χ0n) is 13.2. The first-order valence-corrected chi connectivity index (χ1v) is 6.88. The predicted molar refractivity (Wildman–Crippen MR) is 77.2 cm³/mol. The van der Waals surface area contributed by atoms with Crippen LogP contribution in [0.4, 0.5) is 4.79 Å². The van der Waals surface area contributed by atoms with Gasteiger partial charge in [-0.05, 0) is 6.42 Å². The van der Waals surface area contributed by atoms with Crippen LogP contribution in [0, 0.1) is 0 Å². The van der Waals surface area contributed by atoms with Crippen LogP contribution in [0.2, 0.25) is 0 Å². The van der Waals surface area contributed by atoms with Crippen LogP contribution in [0.1, 0.15) is 13.3 Å². The van der Waals surface area contributed by atoms with E-state index >= 15 is 0 Å². The van der Waals surface area contributed by atoms with E-state index in [0.717, 1.165) is 12.2 Å². The smallest absolute Gasteiger partial charge is 0.417 e. The van der Waals surface area contributed by atoms with Gasteiger partial charge in [0.05, 0.1) is 19.8 Å². The molecule has 0 aromatic carbocycles. The van der Waals surface area contributed by atoms with Gasteiger partial charge in [0, 0.05) is 39.5 Å². The standard InChI is InChI=1S/C14H23NO7/c1-4-9-21-12(16)5-6-13(17)22-14(18)15(7-10-19-2)8-11-20-3/h5-6H,4,7-11H2,1-3H3/b6-5+. The molecule has 0 aliphatic carbocycles. The van der Waals surface area contributed by atoms with Gasteiger partial charge in [0.25, 0.3) is 0 Å². The highest BCUT2D eigenvalue weighted by molar-refractivity contribution is 5.96. The van der Waals surface area contributed by atoms with Crippen LogP contribution in [0.3, 0.4) is 0 Å². The summed E-state index contributed by atoms with van der Waals surface area (Å²) in [5.74, 6) is -1.61. The van der Waals surface area contributed by atoms with Crippen molar-refractivity contribution in [2.75, 3.05) is 47.1 Å². The van der Waals surface area contributed by atoms with Gasteiger partial charge < -0.3 is 23.8 Å².